The van der Waals surface area contributed by atoms with E-state index in [0.29, 0.717) is 27.5 Å². The molecule has 4 rings (SSSR count). The summed E-state index contributed by atoms with van der Waals surface area (Å²) in [6.07, 6.45) is 3.50. The first kappa shape index (κ1) is 21.8. The van der Waals surface area contributed by atoms with E-state index in [4.69, 9.17) is 11.6 Å². The highest BCUT2D eigenvalue weighted by Crippen LogP contribution is 2.36. The van der Waals surface area contributed by atoms with Crippen LogP contribution in [0.25, 0.3) is 22.5 Å². The monoisotopic (exact) mass is 447 g/mol. The van der Waals surface area contributed by atoms with E-state index in [1.54, 1.807) is 30.5 Å². The van der Waals surface area contributed by atoms with Crippen LogP contribution in [0.4, 0.5) is 4.39 Å². The maximum Gasteiger partial charge on any atom is 0.251 e. The molecule has 0 bridgehead atoms. The number of halogens is 2. The first-order valence-corrected chi connectivity index (χ1v) is 10.6. The Bertz CT molecular complexity index is 1280. The molecule has 0 unspecified atom stereocenters. The fraction of sp³-hybridized carbons (Fsp3) is 0.154. The molecule has 1 aromatic heterocycles. The molecule has 0 radical (unpaired) electrons. The van der Waals surface area contributed by atoms with Crippen LogP contribution in [0.15, 0.2) is 79.1 Å². The molecule has 1 heterocycles. The number of amides is 1. The lowest BCUT2D eigenvalue weighted by molar-refractivity contribution is 0.0912. The first-order chi connectivity index (χ1) is 15.3. The minimum absolute atomic E-state index is 0.244. The molecule has 0 saturated carbocycles. The molecule has 0 aliphatic heterocycles. The summed E-state index contributed by atoms with van der Waals surface area (Å²) >= 11 is 6.51. The lowest BCUT2D eigenvalue weighted by Crippen LogP contribution is -2.40. The molecular weight excluding hydrogens is 425 g/mol. The van der Waals surface area contributed by atoms with Crippen molar-refractivity contribution in [2.24, 2.45) is 7.05 Å². The second kappa shape index (κ2) is 8.60. The second-order valence-corrected chi connectivity index (χ2v) is 8.60. The lowest BCUT2D eigenvalue weighted by Gasteiger charge is -2.27. The van der Waals surface area contributed by atoms with Gasteiger partial charge in [0, 0.05) is 41.2 Å². The van der Waals surface area contributed by atoms with Crippen LogP contribution < -0.4 is 5.32 Å². The van der Waals surface area contributed by atoms with Gasteiger partial charge >= 0.3 is 0 Å². The number of aromatic nitrogens is 2. The van der Waals surface area contributed by atoms with Gasteiger partial charge in [0.2, 0.25) is 0 Å². The molecule has 162 valence electrons. The average Bonchev–Trinajstić information content (AvgIpc) is 3.20. The van der Waals surface area contributed by atoms with Crippen LogP contribution >= 0.6 is 11.6 Å². The standard InChI is InChI=1S/C26H23ClFN3O/c1-26(2,18-7-5-4-6-8-18)30-25(32)17-9-12-23(27)22(15-17)21-16-19(28)10-11-20(21)24-29-13-14-31(24)3/h4-16H,1-3H3,(H,30,32). The number of nitrogens with zero attached hydrogens (tertiary/aromatic N) is 2. The Balaban J connectivity index is 1.74. The summed E-state index contributed by atoms with van der Waals surface area (Å²) in [4.78, 5) is 17.5. The molecule has 4 nitrogen and oxygen atoms in total. The van der Waals surface area contributed by atoms with E-state index in [1.807, 2.05) is 62.0 Å². The molecule has 0 aliphatic rings. The molecule has 6 heteroatoms. The largest absolute Gasteiger partial charge is 0.343 e. The van der Waals surface area contributed by atoms with Crippen molar-refractivity contribution in [3.63, 3.8) is 0 Å². The lowest BCUT2D eigenvalue weighted by atomic mass is 9.93. The Morgan fingerprint density at radius 2 is 1.75 bits per heavy atom. The third-order valence-corrected chi connectivity index (χ3v) is 5.81. The summed E-state index contributed by atoms with van der Waals surface area (Å²) in [7, 11) is 1.87. The number of carbonyl (C=O) groups is 1. The number of hydrogen-bond acceptors (Lipinski definition) is 2. The third kappa shape index (κ3) is 4.30. The molecule has 0 fully saturated rings. The van der Waals surface area contributed by atoms with Crippen LogP contribution in [0.5, 0.6) is 0 Å². The molecule has 0 spiro atoms. The van der Waals surface area contributed by atoms with Crippen molar-refractivity contribution < 1.29 is 9.18 Å². The molecular formula is C26H23ClFN3O. The maximum absolute atomic E-state index is 14.2. The summed E-state index contributed by atoms with van der Waals surface area (Å²) in [5.41, 5.74) is 2.71. The van der Waals surface area contributed by atoms with Gasteiger partial charge in [0.1, 0.15) is 11.6 Å². The molecule has 32 heavy (non-hydrogen) atoms. The van der Waals surface area contributed by atoms with Gasteiger partial charge in [-0.1, -0.05) is 41.9 Å². The minimum atomic E-state index is -0.574. The fourth-order valence-electron chi connectivity index (χ4n) is 3.72. The van der Waals surface area contributed by atoms with Gasteiger partial charge in [0.25, 0.3) is 5.91 Å². The zero-order chi connectivity index (χ0) is 22.9. The van der Waals surface area contributed by atoms with Crippen LogP contribution in [0.1, 0.15) is 29.8 Å². The number of nitrogens with one attached hydrogen (secondary N) is 1. The predicted octanol–water partition coefficient (Wildman–Crippen LogP) is 6.21. The summed E-state index contributed by atoms with van der Waals surface area (Å²) in [5.74, 6) is 0.0388. The van der Waals surface area contributed by atoms with Crippen molar-refractivity contribution in [1.82, 2.24) is 14.9 Å². The van der Waals surface area contributed by atoms with Crippen molar-refractivity contribution in [1.29, 1.82) is 0 Å². The van der Waals surface area contributed by atoms with E-state index in [2.05, 4.69) is 10.3 Å². The number of aryl methyl sites for hydroxylation is 1. The van der Waals surface area contributed by atoms with Gasteiger partial charge in [-0.25, -0.2) is 9.37 Å². The zero-order valence-corrected chi connectivity index (χ0v) is 18.8. The van der Waals surface area contributed by atoms with Crippen molar-refractivity contribution in [2.75, 3.05) is 0 Å². The van der Waals surface area contributed by atoms with Crippen molar-refractivity contribution in [2.45, 2.75) is 19.4 Å². The van der Waals surface area contributed by atoms with Gasteiger partial charge in [-0.15, -0.1) is 0 Å². The highest BCUT2D eigenvalue weighted by atomic mass is 35.5. The first-order valence-electron chi connectivity index (χ1n) is 10.2. The van der Waals surface area contributed by atoms with Gasteiger partial charge < -0.3 is 9.88 Å². The predicted molar refractivity (Wildman–Crippen MR) is 126 cm³/mol. The smallest absolute Gasteiger partial charge is 0.251 e. The third-order valence-electron chi connectivity index (χ3n) is 5.48. The molecule has 3 aromatic carbocycles. The van der Waals surface area contributed by atoms with E-state index in [-0.39, 0.29) is 5.91 Å². The van der Waals surface area contributed by atoms with Gasteiger partial charge in [-0.05, 0) is 61.4 Å². The molecule has 0 atom stereocenters. The van der Waals surface area contributed by atoms with Crippen LogP contribution in [0.3, 0.4) is 0 Å². The zero-order valence-electron chi connectivity index (χ0n) is 18.1. The van der Waals surface area contributed by atoms with E-state index < -0.39 is 11.4 Å². The summed E-state index contributed by atoms with van der Waals surface area (Å²) in [6.45, 7) is 3.89. The van der Waals surface area contributed by atoms with E-state index in [9.17, 15) is 9.18 Å². The highest BCUT2D eigenvalue weighted by Gasteiger charge is 2.24. The molecule has 1 amide bonds. The Hall–Kier alpha value is -3.44. The SMILES string of the molecule is Cn1ccnc1-c1ccc(F)cc1-c1cc(C(=O)NC(C)(C)c2ccccc2)ccc1Cl. The van der Waals surface area contributed by atoms with Gasteiger partial charge in [-0.2, -0.15) is 0 Å². The van der Waals surface area contributed by atoms with Crippen LogP contribution in [-0.4, -0.2) is 15.5 Å². The van der Waals surface area contributed by atoms with Crippen LogP contribution in [0.2, 0.25) is 5.02 Å². The van der Waals surface area contributed by atoms with E-state index in [0.717, 1.165) is 11.1 Å². The van der Waals surface area contributed by atoms with Gasteiger partial charge in [0.15, 0.2) is 0 Å². The molecule has 4 aromatic rings. The number of hydrogen-bond donors (Lipinski definition) is 1. The van der Waals surface area contributed by atoms with Crippen molar-refractivity contribution in [3.05, 3.63) is 101 Å². The Labute approximate surface area is 191 Å². The number of benzene rings is 3. The fourth-order valence-corrected chi connectivity index (χ4v) is 3.93. The van der Waals surface area contributed by atoms with Crippen molar-refractivity contribution >= 4 is 17.5 Å². The summed E-state index contributed by atoms with van der Waals surface area (Å²) < 4.78 is 16.1. The molecule has 1 N–H and O–H groups in total. The normalized spacial score (nSPS) is 11.4. The number of carbonyl (C=O) groups excluding carboxylic acids is 1. The van der Waals surface area contributed by atoms with Crippen LogP contribution in [-0.2, 0) is 12.6 Å². The topological polar surface area (TPSA) is 46.9 Å². The number of imidazole rings is 1. The highest BCUT2D eigenvalue weighted by molar-refractivity contribution is 6.33. The second-order valence-electron chi connectivity index (χ2n) is 8.19. The minimum Gasteiger partial charge on any atom is -0.343 e. The summed E-state index contributed by atoms with van der Waals surface area (Å²) in [5, 5.41) is 3.50. The Morgan fingerprint density at radius 1 is 1.00 bits per heavy atom. The van der Waals surface area contributed by atoms with Crippen LogP contribution in [0, 0.1) is 5.82 Å². The average molecular weight is 448 g/mol. The van der Waals surface area contributed by atoms with Crippen molar-refractivity contribution in [3.8, 4) is 22.5 Å². The number of rotatable bonds is 5. The van der Waals surface area contributed by atoms with E-state index in [1.165, 1.54) is 12.1 Å². The quantitative estimate of drug-likeness (QED) is 0.395. The van der Waals surface area contributed by atoms with Gasteiger partial charge in [0.05, 0.1) is 5.54 Å². The van der Waals surface area contributed by atoms with E-state index >= 15 is 0 Å². The maximum atomic E-state index is 14.2. The Morgan fingerprint density at radius 3 is 2.44 bits per heavy atom. The molecule has 0 saturated heterocycles. The summed E-state index contributed by atoms with van der Waals surface area (Å²) in [6, 6.07) is 19.3. The molecule has 0 aliphatic carbocycles. The van der Waals surface area contributed by atoms with Gasteiger partial charge in [-0.3, -0.25) is 4.79 Å². The Kier molecular flexibility index (Phi) is 5.85.